The molecule has 2 aromatic heterocycles. The molecule has 0 bridgehead atoms. The molecule has 4 heteroatoms. The summed E-state index contributed by atoms with van der Waals surface area (Å²) in [5.74, 6) is 0. The first-order chi connectivity index (χ1) is 7.31. The number of hydrogen-bond donors (Lipinski definition) is 1. The highest BCUT2D eigenvalue weighted by Crippen LogP contribution is 2.26. The van der Waals surface area contributed by atoms with E-state index in [1.165, 1.54) is 5.56 Å². The first kappa shape index (κ1) is 10.7. The van der Waals surface area contributed by atoms with Crippen LogP contribution in [0.1, 0.15) is 17.2 Å². The number of rotatable bonds is 4. The van der Waals surface area contributed by atoms with Crippen LogP contribution in [0.2, 0.25) is 5.22 Å². The highest BCUT2D eigenvalue weighted by Gasteiger charge is 2.15. The molecule has 0 aliphatic carbocycles. The van der Waals surface area contributed by atoms with Gasteiger partial charge in [0.1, 0.15) is 0 Å². The Morgan fingerprint density at radius 2 is 2.40 bits per heavy atom. The lowest BCUT2D eigenvalue weighted by molar-refractivity contribution is 0.544. The Morgan fingerprint density at radius 1 is 1.53 bits per heavy atom. The van der Waals surface area contributed by atoms with E-state index in [1.54, 1.807) is 17.6 Å². The molecule has 0 spiro atoms. The van der Waals surface area contributed by atoms with Gasteiger partial charge in [0.2, 0.25) is 0 Å². The van der Waals surface area contributed by atoms with E-state index in [9.17, 15) is 0 Å². The highest BCUT2D eigenvalue weighted by atomic mass is 35.5. The minimum absolute atomic E-state index is 0.214. The molecule has 0 fully saturated rings. The summed E-state index contributed by atoms with van der Waals surface area (Å²) in [5.41, 5.74) is 2.34. The number of nitrogens with one attached hydrogen (secondary N) is 1. The zero-order valence-corrected chi connectivity index (χ0v) is 9.94. The van der Waals surface area contributed by atoms with Crippen LogP contribution < -0.4 is 5.32 Å². The molecule has 2 aromatic rings. The van der Waals surface area contributed by atoms with Crippen molar-refractivity contribution in [3.8, 4) is 0 Å². The lowest BCUT2D eigenvalue weighted by Crippen LogP contribution is -2.18. The maximum atomic E-state index is 5.95. The molecule has 0 aliphatic rings. The Balaban J connectivity index is 2.15. The number of hydrogen-bond acceptors (Lipinski definition) is 3. The van der Waals surface area contributed by atoms with Crippen LogP contribution in [0.3, 0.4) is 0 Å². The largest absolute Gasteiger partial charge is 0.453 e. The summed E-state index contributed by atoms with van der Waals surface area (Å²) in [5, 5.41) is 7.95. The summed E-state index contributed by atoms with van der Waals surface area (Å²) in [6.07, 6.45) is 2.55. The Morgan fingerprint density at radius 3 is 2.93 bits per heavy atom. The maximum absolute atomic E-state index is 5.95. The number of furan rings is 1. The van der Waals surface area contributed by atoms with Gasteiger partial charge < -0.3 is 9.73 Å². The van der Waals surface area contributed by atoms with E-state index in [1.807, 2.05) is 13.1 Å². The number of halogens is 1. The molecule has 80 valence electrons. The minimum Gasteiger partial charge on any atom is -0.453 e. The predicted molar refractivity (Wildman–Crippen MR) is 63.5 cm³/mol. The quantitative estimate of drug-likeness (QED) is 0.887. The van der Waals surface area contributed by atoms with E-state index in [0.29, 0.717) is 5.22 Å². The van der Waals surface area contributed by atoms with Gasteiger partial charge in [0, 0.05) is 11.6 Å². The van der Waals surface area contributed by atoms with E-state index in [2.05, 4.69) is 22.1 Å². The van der Waals surface area contributed by atoms with Gasteiger partial charge in [-0.25, -0.2) is 0 Å². The summed E-state index contributed by atoms with van der Waals surface area (Å²) in [6, 6.07) is 4.25. The topological polar surface area (TPSA) is 25.2 Å². The first-order valence-corrected chi connectivity index (χ1v) is 6.04. The van der Waals surface area contributed by atoms with Crippen molar-refractivity contribution in [2.45, 2.75) is 12.5 Å². The summed E-state index contributed by atoms with van der Waals surface area (Å²) >= 11 is 7.66. The van der Waals surface area contributed by atoms with Crippen molar-refractivity contribution in [3.63, 3.8) is 0 Å². The molecular weight excluding hydrogens is 230 g/mol. The maximum Gasteiger partial charge on any atom is 0.197 e. The molecule has 2 heterocycles. The van der Waals surface area contributed by atoms with Crippen molar-refractivity contribution >= 4 is 22.9 Å². The zero-order chi connectivity index (χ0) is 10.7. The molecule has 0 aliphatic heterocycles. The lowest BCUT2D eigenvalue weighted by Gasteiger charge is -2.13. The smallest absolute Gasteiger partial charge is 0.197 e. The summed E-state index contributed by atoms with van der Waals surface area (Å²) in [7, 11) is 1.93. The summed E-state index contributed by atoms with van der Waals surface area (Å²) in [6.45, 7) is 0. The van der Waals surface area contributed by atoms with Gasteiger partial charge in [-0.15, -0.1) is 0 Å². The van der Waals surface area contributed by atoms with E-state index in [4.69, 9.17) is 16.0 Å². The molecular formula is C11H12ClNOS. The zero-order valence-electron chi connectivity index (χ0n) is 8.37. The molecule has 0 saturated carbocycles. The van der Waals surface area contributed by atoms with Crippen molar-refractivity contribution in [2.75, 3.05) is 7.05 Å². The van der Waals surface area contributed by atoms with Gasteiger partial charge in [0.05, 0.1) is 6.26 Å². The Hall–Kier alpha value is -0.770. The van der Waals surface area contributed by atoms with Gasteiger partial charge in [0.25, 0.3) is 0 Å². The van der Waals surface area contributed by atoms with Crippen molar-refractivity contribution < 1.29 is 4.42 Å². The fourth-order valence-corrected chi connectivity index (χ4v) is 2.49. The Bertz CT molecular complexity index is 410. The third-order valence-corrected chi connectivity index (χ3v) is 3.43. The molecule has 1 N–H and O–H groups in total. The van der Waals surface area contributed by atoms with Gasteiger partial charge >= 0.3 is 0 Å². The van der Waals surface area contributed by atoms with Crippen molar-refractivity contribution in [2.24, 2.45) is 0 Å². The predicted octanol–water partition coefficient (Wildman–Crippen LogP) is 3.50. The Labute approximate surface area is 97.9 Å². The van der Waals surface area contributed by atoms with Gasteiger partial charge in [0.15, 0.2) is 5.22 Å². The molecule has 0 amide bonds. The second-order valence-corrected chi connectivity index (χ2v) is 4.45. The van der Waals surface area contributed by atoms with Crippen LogP contribution in [0.25, 0.3) is 0 Å². The second-order valence-electron chi connectivity index (χ2n) is 3.33. The van der Waals surface area contributed by atoms with E-state index < -0.39 is 0 Å². The van der Waals surface area contributed by atoms with Crippen LogP contribution in [-0.4, -0.2) is 7.05 Å². The first-order valence-electron chi connectivity index (χ1n) is 4.72. The minimum atomic E-state index is 0.214. The van der Waals surface area contributed by atoms with Gasteiger partial charge in [-0.3, -0.25) is 0 Å². The van der Waals surface area contributed by atoms with Gasteiger partial charge in [-0.2, -0.15) is 11.3 Å². The molecule has 2 nitrogen and oxygen atoms in total. The van der Waals surface area contributed by atoms with Gasteiger partial charge in [-0.1, -0.05) is 0 Å². The molecule has 0 radical (unpaired) electrons. The van der Waals surface area contributed by atoms with E-state index >= 15 is 0 Å². The Kier molecular flexibility index (Phi) is 3.46. The van der Waals surface area contributed by atoms with Crippen LogP contribution in [0.15, 0.2) is 33.6 Å². The van der Waals surface area contributed by atoms with Crippen molar-refractivity contribution in [3.05, 3.63) is 45.5 Å². The fourth-order valence-electron chi connectivity index (χ4n) is 1.57. The van der Waals surface area contributed by atoms with Crippen LogP contribution >= 0.6 is 22.9 Å². The highest BCUT2D eigenvalue weighted by molar-refractivity contribution is 7.07. The number of likely N-dealkylation sites (N-methyl/N-ethyl adjacent to an activating group) is 1. The monoisotopic (exact) mass is 241 g/mol. The van der Waals surface area contributed by atoms with Gasteiger partial charge in [-0.05, 0) is 53.5 Å². The van der Waals surface area contributed by atoms with E-state index in [-0.39, 0.29) is 6.04 Å². The normalized spacial score (nSPS) is 12.9. The van der Waals surface area contributed by atoms with Crippen LogP contribution in [0.4, 0.5) is 0 Å². The standard InChI is InChI=1S/C11H12ClNOS/c1-13-10(6-8-3-5-15-7-8)9-2-4-14-11(9)12/h2-5,7,10,13H,6H2,1H3. The molecule has 0 aromatic carbocycles. The third kappa shape index (κ3) is 2.43. The van der Waals surface area contributed by atoms with E-state index in [0.717, 1.165) is 12.0 Å². The van der Waals surface area contributed by atoms with Crippen LogP contribution in [0.5, 0.6) is 0 Å². The molecule has 1 unspecified atom stereocenters. The SMILES string of the molecule is CNC(Cc1ccsc1)c1ccoc1Cl. The fraction of sp³-hybridized carbons (Fsp3) is 0.273. The number of thiophene rings is 1. The average Bonchev–Trinajstić information content (AvgIpc) is 2.85. The summed E-state index contributed by atoms with van der Waals surface area (Å²) < 4.78 is 5.09. The molecule has 0 saturated heterocycles. The molecule has 1 atom stereocenters. The third-order valence-electron chi connectivity index (χ3n) is 2.39. The van der Waals surface area contributed by atoms with Crippen LogP contribution in [0, 0.1) is 0 Å². The molecule has 15 heavy (non-hydrogen) atoms. The van der Waals surface area contributed by atoms with Crippen LogP contribution in [-0.2, 0) is 6.42 Å². The van der Waals surface area contributed by atoms with Crippen molar-refractivity contribution in [1.29, 1.82) is 0 Å². The second kappa shape index (κ2) is 4.84. The lowest BCUT2D eigenvalue weighted by atomic mass is 10.0. The summed E-state index contributed by atoms with van der Waals surface area (Å²) in [4.78, 5) is 0. The molecule has 2 rings (SSSR count). The average molecular weight is 242 g/mol. The van der Waals surface area contributed by atoms with Crippen molar-refractivity contribution in [1.82, 2.24) is 5.32 Å².